The first kappa shape index (κ1) is 13.9. The number of aromatic amines is 2. The Hall–Kier alpha value is -2.12. The maximum Gasteiger partial charge on any atom is 0.340 e. The van der Waals surface area contributed by atoms with Crippen LogP contribution in [0, 0.1) is 5.92 Å². The van der Waals surface area contributed by atoms with Crippen molar-refractivity contribution in [2.24, 2.45) is 11.7 Å². The van der Waals surface area contributed by atoms with Gasteiger partial charge in [0.2, 0.25) is 11.8 Å². The van der Waals surface area contributed by atoms with Crippen LogP contribution in [0.25, 0.3) is 0 Å². The Morgan fingerprint density at radius 1 is 1.50 bits per heavy atom. The van der Waals surface area contributed by atoms with Crippen molar-refractivity contribution in [3.63, 3.8) is 0 Å². The second kappa shape index (κ2) is 6.58. The number of H-pyrrole nitrogens is 2. The molecular formula is C10H17N5O3. The topological polar surface area (TPSA) is 134 Å². The van der Waals surface area contributed by atoms with E-state index >= 15 is 0 Å². The van der Waals surface area contributed by atoms with Crippen molar-refractivity contribution in [2.45, 2.75) is 26.2 Å². The lowest BCUT2D eigenvalue weighted by Gasteiger charge is -2.07. The number of carbonyl (C=O) groups is 2. The maximum absolute atomic E-state index is 11.4. The normalized spacial score (nSPS) is 12.1. The summed E-state index contributed by atoms with van der Waals surface area (Å²) in [5.74, 6) is -0.373. The molecule has 0 unspecified atom stereocenters. The number of rotatable bonds is 7. The zero-order valence-corrected chi connectivity index (χ0v) is 10.2. The molecule has 18 heavy (non-hydrogen) atoms. The van der Waals surface area contributed by atoms with E-state index in [1.165, 1.54) is 0 Å². The molecule has 0 radical (unpaired) electrons. The number of nitrogens with zero attached hydrogens (tertiary/aromatic N) is 1. The van der Waals surface area contributed by atoms with Gasteiger partial charge in [0, 0.05) is 25.3 Å². The van der Waals surface area contributed by atoms with Crippen LogP contribution < -0.4 is 16.7 Å². The van der Waals surface area contributed by atoms with Crippen LogP contribution in [0.3, 0.4) is 0 Å². The minimum absolute atomic E-state index is 0.152. The van der Waals surface area contributed by atoms with E-state index in [1.54, 1.807) is 6.92 Å². The van der Waals surface area contributed by atoms with E-state index in [0.717, 1.165) is 0 Å². The lowest BCUT2D eigenvalue weighted by atomic mass is 10.1. The van der Waals surface area contributed by atoms with Gasteiger partial charge in [-0.25, -0.2) is 9.89 Å². The molecule has 8 nitrogen and oxygen atoms in total. The summed E-state index contributed by atoms with van der Waals surface area (Å²) in [6.07, 6.45) is 1.12. The van der Waals surface area contributed by atoms with Gasteiger partial charge in [0.15, 0.2) is 0 Å². The third kappa shape index (κ3) is 4.81. The van der Waals surface area contributed by atoms with E-state index in [2.05, 4.69) is 20.5 Å². The van der Waals surface area contributed by atoms with Crippen molar-refractivity contribution in [1.82, 2.24) is 20.5 Å². The van der Waals surface area contributed by atoms with Crippen LogP contribution in [0.4, 0.5) is 0 Å². The Morgan fingerprint density at radius 2 is 2.22 bits per heavy atom. The number of nitrogens with one attached hydrogen (secondary N) is 3. The summed E-state index contributed by atoms with van der Waals surface area (Å²) in [7, 11) is 0. The van der Waals surface area contributed by atoms with Crippen LogP contribution in [-0.4, -0.2) is 33.5 Å². The van der Waals surface area contributed by atoms with Crippen molar-refractivity contribution in [1.29, 1.82) is 0 Å². The number of amides is 2. The fraction of sp³-hybridized carbons (Fsp3) is 0.600. The Labute approximate surface area is 103 Å². The summed E-state index contributed by atoms with van der Waals surface area (Å²) >= 11 is 0. The summed E-state index contributed by atoms with van der Waals surface area (Å²) in [6.45, 7) is 2.06. The Morgan fingerprint density at radius 3 is 2.78 bits per heavy atom. The van der Waals surface area contributed by atoms with Crippen LogP contribution in [0.5, 0.6) is 0 Å². The predicted molar refractivity (Wildman–Crippen MR) is 63.5 cm³/mol. The van der Waals surface area contributed by atoms with Crippen molar-refractivity contribution in [2.75, 3.05) is 6.54 Å². The molecule has 0 fully saturated rings. The number of hydrogen-bond donors (Lipinski definition) is 4. The summed E-state index contributed by atoms with van der Waals surface area (Å²) in [5, 5.41) is 8.61. The molecule has 0 spiro atoms. The molecule has 100 valence electrons. The van der Waals surface area contributed by atoms with Gasteiger partial charge in [0.1, 0.15) is 5.82 Å². The lowest BCUT2D eigenvalue weighted by molar-refractivity contribution is -0.123. The zero-order chi connectivity index (χ0) is 13.5. The van der Waals surface area contributed by atoms with Gasteiger partial charge in [0.25, 0.3) is 0 Å². The van der Waals surface area contributed by atoms with Crippen molar-refractivity contribution in [3.8, 4) is 0 Å². The van der Waals surface area contributed by atoms with Crippen LogP contribution in [0.2, 0.25) is 0 Å². The molecule has 1 atom stereocenters. The largest absolute Gasteiger partial charge is 0.369 e. The molecule has 0 aliphatic heterocycles. The van der Waals surface area contributed by atoms with E-state index in [0.29, 0.717) is 25.2 Å². The van der Waals surface area contributed by atoms with Crippen LogP contribution in [0.1, 0.15) is 25.6 Å². The standard InChI is InChI=1S/C10H17N5O3/c1-6(9(11)17)2-3-8(16)12-5-4-7-13-10(18)15-14-7/h6H,2-5H2,1H3,(H2,11,17)(H,12,16)(H2,13,14,15,18)/t6-/m0/s1. The average Bonchev–Trinajstić information content (AvgIpc) is 2.71. The van der Waals surface area contributed by atoms with Gasteiger partial charge < -0.3 is 11.1 Å². The third-order valence-electron chi connectivity index (χ3n) is 2.52. The smallest absolute Gasteiger partial charge is 0.340 e. The predicted octanol–water partition coefficient (Wildman–Crippen LogP) is -1.34. The first-order valence-corrected chi connectivity index (χ1v) is 5.68. The number of carbonyl (C=O) groups excluding carboxylic acids is 2. The minimum atomic E-state index is -0.406. The number of nitrogens with two attached hydrogens (primary N) is 1. The molecular weight excluding hydrogens is 238 g/mol. The Bertz CT molecular complexity index is 464. The highest BCUT2D eigenvalue weighted by Crippen LogP contribution is 2.03. The van der Waals surface area contributed by atoms with Crippen LogP contribution in [-0.2, 0) is 16.0 Å². The van der Waals surface area contributed by atoms with Gasteiger partial charge in [-0.1, -0.05) is 6.92 Å². The van der Waals surface area contributed by atoms with Gasteiger partial charge >= 0.3 is 5.69 Å². The first-order chi connectivity index (χ1) is 8.49. The molecule has 1 aromatic rings. The molecule has 1 aromatic heterocycles. The van der Waals surface area contributed by atoms with E-state index in [1.807, 2.05) is 0 Å². The molecule has 0 aliphatic rings. The van der Waals surface area contributed by atoms with Gasteiger partial charge in [-0.3, -0.25) is 14.6 Å². The van der Waals surface area contributed by atoms with Crippen molar-refractivity contribution < 1.29 is 9.59 Å². The fourth-order valence-corrected chi connectivity index (χ4v) is 1.32. The molecule has 2 amide bonds. The summed E-state index contributed by atoms with van der Waals surface area (Å²) in [5.41, 5.74) is 4.72. The molecule has 0 saturated carbocycles. The van der Waals surface area contributed by atoms with E-state index in [4.69, 9.17) is 5.73 Å². The van der Waals surface area contributed by atoms with Crippen LogP contribution >= 0.6 is 0 Å². The first-order valence-electron chi connectivity index (χ1n) is 5.68. The molecule has 8 heteroatoms. The zero-order valence-electron chi connectivity index (χ0n) is 10.2. The highest BCUT2D eigenvalue weighted by atomic mass is 16.2. The maximum atomic E-state index is 11.4. The van der Waals surface area contributed by atoms with E-state index < -0.39 is 5.91 Å². The second-order valence-electron chi connectivity index (χ2n) is 4.07. The number of hydrogen-bond acceptors (Lipinski definition) is 4. The molecule has 0 aliphatic carbocycles. The van der Waals surface area contributed by atoms with Crippen molar-refractivity contribution >= 4 is 11.8 Å². The molecule has 1 heterocycles. The molecule has 0 bridgehead atoms. The third-order valence-corrected chi connectivity index (χ3v) is 2.52. The summed E-state index contributed by atoms with van der Waals surface area (Å²) in [6, 6.07) is 0. The van der Waals surface area contributed by atoms with E-state index in [9.17, 15) is 14.4 Å². The van der Waals surface area contributed by atoms with Gasteiger partial charge in [-0.2, -0.15) is 5.10 Å². The quantitative estimate of drug-likeness (QED) is 0.479. The average molecular weight is 255 g/mol. The Balaban J connectivity index is 2.17. The molecule has 5 N–H and O–H groups in total. The molecule has 1 rings (SSSR count). The minimum Gasteiger partial charge on any atom is -0.369 e. The Kier molecular flexibility index (Phi) is 5.09. The highest BCUT2D eigenvalue weighted by molar-refractivity contribution is 5.79. The highest BCUT2D eigenvalue weighted by Gasteiger charge is 2.11. The van der Waals surface area contributed by atoms with Gasteiger partial charge in [-0.05, 0) is 6.42 Å². The SMILES string of the molecule is C[C@@H](CCC(=O)NCCc1n[nH]c(=O)[nH]1)C(N)=O. The lowest BCUT2D eigenvalue weighted by Crippen LogP contribution is -2.28. The van der Waals surface area contributed by atoms with Gasteiger partial charge in [0.05, 0.1) is 0 Å². The monoisotopic (exact) mass is 255 g/mol. The van der Waals surface area contributed by atoms with Gasteiger partial charge in [-0.15, -0.1) is 0 Å². The summed E-state index contributed by atoms with van der Waals surface area (Å²) < 4.78 is 0. The number of aromatic nitrogens is 3. The van der Waals surface area contributed by atoms with E-state index in [-0.39, 0.29) is 23.9 Å². The fourth-order valence-electron chi connectivity index (χ4n) is 1.32. The summed E-state index contributed by atoms with van der Waals surface area (Å²) in [4.78, 5) is 35.4. The second-order valence-corrected chi connectivity index (χ2v) is 4.07. The number of primary amides is 1. The molecule has 0 saturated heterocycles. The van der Waals surface area contributed by atoms with Crippen LogP contribution in [0.15, 0.2) is 4.79 Å². The molecule has 0 aromatic carbocycles. The van der Waals surface area contributed by atoms with Crippen molar-refractivity contribution in [3.05, 3.63) is 16.3 Å².